The average molecular weight is 361 g/mol. The Balaban J connectivity index is 2.26. The predicted octanol–water partition coefficient (Wildman–Crippen LogP) is 6.35. The van der Waals surface area contributed by atoms with Crippen molar-refractivity contribution in [2.75, 3.05) is 17.3 Å². The Morgan fingerprint density at radius 1 is 0.880 bits per heavy atom. The van der Waals surface area contributed by atoms with Gasteiger partial charge < -0.3 is 0 Å². The Kier molecular flexibility index (Phi) is 4.90. The van der Waals surface area contributed by atoms with Gasteiger partial charge in [-0.05, 0) is 76.2 Å². The third kappa shape index (κ3) is 2.39. The fourth-order valence-electron chi connectivity index (χ4n) is 5.93. The number of hydrogen-bond acceptors (Lipinski definition) is 1. The van der Waals surface area contributed by atoms with Gasteiger partial charge in [0.05, 0.1) is 0 Å². The van der Waals surface area contributed by atoms with E-state index in [-0.39, 0.29) is 10.7 Å². The first-order valence-electron chi connectivity index (χ1n) is 10.1. The molecule has 0 aromatic rings. The van der Waals surface area contributed by atoms with E-state index in [2.05, 4.69) is 48.5 Å². The van der Waals surface area contributed by atoms with E-state index in [9.17, 15) is 4.79 Å². The molecule has 0 N–H and O–H groups in total. The van der Waals surface area contributed by atoms with E-state index in [0.29, 0.717) is 5.78 Å². The second-order valence-corrected chi connectivity index (χ2v) is 13.1. The highest BCUT2D eigenvalue weighted by Crippen LogP contribution is 2.73. The van der Waals surface area contributed by atoms with Crippen molar-refractivity contribution < 1.29 is 4.79 Å². The van der Waals surface area contributed by atoms with Crippen molar-refractivity contribution in [2.45, 2.75) is 78.9 Å². The zero-order valence-electron chi connectivity index (χ0n) is 17.3. The third-order valence-electron chi connectivity index (χ3n) is 7.86. The van der Waals surface area contributed by atoms with Gasteiger partial charge in [-0.1, -0.05) is 43.1 Å². The van der Waals surface area contributed by atoms with Gasteiger partial charge in [0.25, 0.3) is 0 Å². The molecule has 0 saturated heterocycles. The lowest BCUT2D eigenvalue weighted by Gasteiger charge is -2.59. The quantitative estimate of drug-likeness (QED) is 0.534. The minimum absolute atomic E-state index is 0.156. The van der Waals surface area contributed by atoms with Crippen LogP contribution in [-0.4, -0.2) is 27.8 Å². The summed E-state index contributed by atoms with van der Waals surface area (Å²) in [5, 5.41) is 0. The zero-order valence-corrected chi connectivity index (χ0v) is 18.2. The largest absolute Gasteiger partial charge is 0.294 e. The van der Waals surface area contributed by atoms with Crippen LogP contribution < -0.4 is 0 Å². The molecule has 3 rings (SSSR count). The molecule has 2 atom stereocenters. The Labute approximate surface area is 156 Å². The number of allylic oxidation sites excluding steroid dienone is 5. The van der Waals surface area contributed by atoms with Crippen LogP contribution in [0.25, 0.3) is 0 Å². The maximum Gasteiger partial charge on any atom is 0.164 e. The molecular formula is C23H36OS. The lowest BCUT2D eigenvalue weighted by atomic mass is 9.73. The molecule has 1 nitrogen and oxygen atoms in total. The van der Waals surface area contributed by atoms with Crippen molar-refractivity contribution in [3.63, 3.8) is 0 Å². The summed E-state index contributed by atoms with van der Waals surface area (Å²) in [6.07, 6.45) is 4.13. The monoisotopic (exact) mass is 360 g/mol. The second-order valence-electron chi connectivity index (χ2n) is 8.53. The number of carbonyl (C=O) groups is 1. The molecule has 0 bridgehead atoms. The topological polar surface area (TPSA) is 17.1 Å². The highest BCUT2D eigenvalue weighted by Gasteiger charge is 2.61. The Hall–Kier alpha value is -0.760. The number of carbonyl (C=O) groups excluding carboxylic acids is 1. The third-order valence-corrected chi connectivity index (χ3v) is 13.4. The minimum atomic E-state index is -0.846. The molecule has 0 amide bonds. The fraction of sp³-hybridized carbons (Fsp3) is 0.696. The molecule has 0 unspecified atom stereocenters. The van der Waals surface area contributed by atoms with Crippen LogP contribution in [0, 0.1) is 5.92 Å². The van der Waals surface area contributed by atoms with Crippen LogP contribution in [-0.2, 0) is 4.79 Å². The predicted molar refractivity (Wildman–Crippen MR) is 113 cm³/mol. The second kappa shape index (κ2) is 6.44. The molecule has 140 valence electrons. The van der Waals surface area contributed by atoms with Crippen molar-refractivity contribution in [1.29, 1.82) is 0 Å². The summed E-state index contributed by atoms with van der Waals surface area (Å²) >= 11 is 0. The first-order chi connectivity index (χ1) is 11.8. The molecule has 0 aromatic carbocycles. The number of rotatable bonds is 4. The normalized spacial score (nSPS) is 30.8. The summed E-state index contributed by atoms with van der Waals surface area (Å²) in [5.41, 5.74) is 8.81. The van der Waals surface area contributed by atoms with Crippen molar-refractivity contribution in [1.82, 2.24) is 0 Å². The van der Waals surface area contributed by atoms with Crippen molar-refractivity contribution in [3.8, 4) is 0 Å². The molecule has 2 heteroatoms. The van der Waals surface area contributed by atoms with Gasteiger partial charge in [-0.25, -0.2) is 10.0 Å². The SMILES string of the molecule is CCS(CC)(CC)[C@]12CC(C)=C(C)C[C@H]1C(=O)C1=C2CC(C)=C(C)C1. The van der Waals surface area contributed by atoms with Gasteiger partial charge in [0.1, 0.15) is 0 Å². The van der Waals surface area contributed by atoms with Crippen LogP contribution in [0.5, 0.6) is 0 Å². The minimum Gasteiger partial charge on any atom is -0.294 e. The van der Waals surface area contributed by atoms with E-state index in [4.69, 9.17) is 0 Å². The van der Waals surface area contributed by atoms with Crippen molar-refractivity contribution in [3.05, 3.63) is 33.4 Å². The molecule has 3 aliphatic carbocycles. The number of ketones is 1. The van der Waals surface area contributed by atoms with Crippen molar-refractivity contribution in [2.24, 2.45) is 5.92 Å². The zero-order chi connectivity index (χ0) is 18.6. The maximum absolute atomic E-state index is 13.6. The summed E-state index contributed by atoms with van der Waals surface area (Å²) in [6.45, 7) is 16.3. The molecule has 0 saturated carbocycles. The number of Topliss-reactive ketones (excluding diaryl/α,β-unsaturated/α-hetero) is 1. The number of fused-ring (bicyclic) bond motifs is 2. The highest BCUT2D eigenvalue weighted by molar-refractivity contribution is 8.34. The standard InChI is InChI=1S/C23H36OS/c1-8-25(9-2,10-3)23-14-18(7)17(6)13-21(23)22(24)19-11-15(4)16(5)12-20(19)23/h21H,8-14H2,1-7H3/t21-,23-/m0/s1. The van der Waals surface area contributed by atoms with Crippen LogP contribution in [0.2, 0.25) is 0 Å². The first kappa shape index (κ1) is 19.0. The van der Waals surface area contributed by atoms with E-state index in [1.165, 1.54) is 39.6 Å². The van der Waals surface area contributed by atoms with Gasteiger partial charge in [0.2, 0.25) is 0 Å². The molecule has 3 aliphatic rings. The van der Waals surface area contributed by atoms with Crippen LogP contribution in [0.1, 0.15) is 74.1 Å². The smallest absolute Gasteiger partial charge is 0.164 e. The summed E-state index contributed by atoms with van der Waals surface area (Å²) in [6, 6.07) is 0. The molecule has 0 aromatic heterocycles. The van der Waals surface area contributed by atoms with Gasteiger partial charge in [-0.15, -0.1) is 0 Å². The summed E-state index contributed by atoms with van der Waals surface area (Å²) in [7, 11) is -0.846. The lowest BCUT2D eigenvalue weighted by molar-refractivity contribution is -0.119. The van der Waals surface area contributed by atoms with Gasteiger partial charge in [-0.2, -0.15) is 0 Å². The average Bonchev–Trinajstić information content (AvgIpc) is 2.81. The summed E-state index contributed by atoms with van der Waals surface area (Å²) < 4.78 is 0.156. The molecule has 0 fully saturated rings. The molecule has 0 spiro atoms. The molecule has 0 aliphatic heterocycles. The van der Waals surface area contributed by atoms with Crippen molar-refractivity contribution >= 4 is 15.8 Å². The summed E-state index contributed by atoms with van der Waals surface area (Å²) in [4.78, 5) is 13.6. The molecule has 25 heavy (non-hydrogen) atoms. The lowest BCUT2D eigenvalue weighted by Crippen LogP contribution is -2.48. The first-order valence-corrected chi connectivity index (χ1v) is 12.2. The molecule has 0 heterocycles. The Bertz CT molecular complexity index is 693. The number of hydrogen-bond donors (Lipinski definition) is 0. The highest BCUT2D eigenvalue weighted by atomic mass is 32.3. The van der Waals surface area contributed by atoms with E-state index < -0.39 is 10.0 Å². The van der Waals surface area contributed by atoms with Gasteiger partial charge >= 0.3 is 0 Å². The van der Waals surface area contributed by atoms with E-state index in [0.717, 1.165) is 25.7 Å². The molecular weight excluding hydrogens is 324 g/mol. The van der Waals surface area contributed by atoms with Gasteiger partial charge in [0.15, 0.2) is 5.78 Å². The maximum atomic E-state index is 13.6. The molecule has 0 radical (unpaired) electrons. The van der Waals surface area contributed by atoms with Crippen LogP contribution in [0.4, 0.5) is 0 Å². The fourth-order valence-corrected chi connectivity index (χ4v) is 10.7. The van der Waals surface area contributed by atoms with Gasteiger partial charge in [-0.3, -0.25) is 4.79 Å². The van der Waals surface area contributed by atoms with Crippen LogP contribution >= 0.6 is 10.0 Å². The van der Waals surface area contributed by atoms with Crippen LogP contribution in [0.3, 0.4) is 0 Å². The van der Waals surface area contributed by atoms with E-state index >= 15 is 0 Å². The van der Waals surface area contributed by atoms with Crippen LogP contribution in [0.15, 0.2) is 33.4 Å². The Morgan fingerprint density at radius 2 is 1.44 bits per heavy atom. The van der Waals surface area contributed by atoms with E-state index in [1.807, 2.05) is 0 Å². The van der Waals surface area contributed by atoms with Gasteiger partial charge in [0, 0.05) is 16.2 Å². The summed E-state index contributed by atoms with van der Waals surface area (Å²) in [5.74, 6) is 4.52. The van der Waals surface area contributed by atoms with E-state index in [1.54, 1.807) is 11.1 Å². The Morgan fingerprint density at radius 3 is 2.00 bits per heavy atom.